The summed E-state index contributed by atoms with van der Waals surface area (Å²) in [6.07, 6.45) is 8.35. The smallest absolute Gasteiger partial charge is 0.262 e. The number of piperidine rings is 1. The molecule has 0 bridgehead atoms. The lowest BCUT2D eigenvalue weighted by molar-refractivity contribution is 0.0968. The summed E-state index contributed by atoms with van der Waals surface area (Å²) in [5.41, 5.74) is 2.41. The number of fused-ring (bicyclic) bond motifs is 2. The van der Waals surface area contributed by atoms with Gasteiger partial charge in [-0.3, -0.25) is 9.69 Å². The number of hydrogen-bond donors (Lipinski definition) is 1. The van der Waals surface area contributed by atoms with Gasteiger partial charge >= 0.3 is 0 Å². The molecule has 10 nitrogen and oxygen atoms in total. The van der Waals surface area contributed by atoms with Crippen LogP contribution in [0.4, 0.5) is 10.2 Å². The lowest BCUT2D eigenvalue weighted by Crippen LogP contribution is -2.49. The van der Waals surface area contributed by atoms with Crippen LogP contribution in [0.2, 0.25) is 0 Å². The van der Waals surface area contributed by atoms with Gasteiger partial charge in [0.05, 0.1) is 29.7 Å². The fraction of sp³-hybridized carbons (Fsp3) is 0.179. The monoisotopic (exact) mass is 551 g/mol. The zero-order chi connectivity index (χ0) is 27.1. The molecule has 1 aromatic carbocycles. The highest BCUT2D eigenvalue weighted by Crippen LogP contribution is 2.38. The van der Waals surface area contributed by atoms with Crippen molar-refractivity contribution >= 4 is 44.3 Å². The summed E-state index contributed by atoms with van der Waals surface area (Å²) in [7, 11) is 0. The van der Waals surface area contributed by atoms with E-state index < -0.39 is 11.7 Å². The molecule has 12 heteroatoms. The molecule has 0 radical (unpaired) electrons. The van der Waals surface area contributed by atoms with E-state index in [0.29, 0.717) is 29.2 Å². The van der Waals surface area contributed by atoms with E-state index in [2.05, 4.69) is 35.8 Å². The van der Waals surface area contributed by atoms with E-state index in [4.69, 9.17) is 0 Å². The number of benzene rings is 1. The highest BCUT2D eigenvalue weighted by molar-refractivity contribution is 7.22. The third-order valence-corrected chi connectivity index (χ3v) is 8.16. The Morgan fingerprint density at radius 1 is 1.07 bits per heavy atom. The van der Waals surface area contributed by atoms with Crippen LogP contribution < -0.4 is 10.2 Å². The average molecular weight is 552 g/mol. The van der Waals surface area contributed by atoms with Crippen LogP contribution in [0.25, 0.3) is 37.4 Å². The number of pyridine rings is 2. The van der Waals surface area contributed by atoms with Gasteiger partial charge in [0.15, 0.2) is 5.65 Å². The summed E-state index contributed by atoms with van der Waals surface area (Å²) in [5, 5.41) is 20.3. The molecule has 0 spiro atoms. The van der Waals surface area contributed by atoms with Crippen molar-refractivity contribution in [3.8, 4) is 16.1 Å². The van der Waals surface area contributed by atoms with Crippen molar-refractivity contribution in [3.63, 3.8) is 0 Å². The van der Waals surface area contributed by atoms with Gasteiger partial charge in [-0.15, -0.1) is 16.4 Å². The van der Waals surface area contributed by atoms with Crippen LogP contribution in [0, 0.1) is 5.82 Å². The maximum Gasteiger partial charge on any atom is 0.262 e. The Bertz CT molecular complexity index is 1850. The number of thiophene rings is 1. The molecule has 1 amide bonds. The molecule has 0 saturated carbocycles. The zero-order valence-corrected chi connectivity index (χ0v) is 21.9. The number of carbonyl (C=O) groups excluding carboxylic acids is 1. The fourth-order valence-electron chi connectivity index (χ4n) is 5.09. The van der Waals surface area contributed by atoms with Gasteiger partial charge in [-0.25, -0.2) is 14.4 Å². The lowest BCUT2D eigenvalue weighted by atomic mass is 10.0. The van der Waals surface area contributed by atoms with Crippen molar-refractivity contribution in [3.05, 3.63) is 84.7 Å². The molecule has 0 unspecified atom stereocenters. The van der Waals surface area contributed by atoms with Gasteiger partial charge in [0, 0.05) is 45.5 Å². The third-order valence-electron chi connectivity index (χ3n) is 7.01. The first-order valence-electron chi connectivity index (χ1n) is 12.8. The second-order valence-corrected chi connectivity index (χ2v) is 10.6. The number of nitrogens with one attached hydrogen (secondary N) is 1. The first-order chi connectivity index (χ1) is 19.7. The molecule has 0 aliphatic carbocycles. The van der Waals surface area contributed by atoms with Crippen molar-refractivity contribution in [2.45, 2.75) is 18.9 Å². The van der Waals surface area contributed by atoms with Gasteiger partial charge in [-0.2, -0.15) is 14.9 Å². The fourth-order valence-corrected chi connectivity index (χ4v) is 6.13. The van der Waals surface area contributed by atoms with Gasteiger partial charge in [0.25, 0.3) is 5.91 Å². The van der Waals surface area contributed by atoms with Gasteiger partial charge in [-0.1, -0.05) is 5.21 Å². The molecular formula is C28H22FN9OS. The molecule has 40 heavy (non-hydrogen) atoms. The number of hydrogen-bond acceptors (Lipinski definition) is 9. The van der Waals surface area contributed by atoms with Gasteiger partial charge in [0.2, 0.25) is 0 Å². The van der Waals surface area contributed by atoms with Gasteiger partial charge < -0.3 is 5.32 Å². The molecule has 1 aliphatic heterocycles. The van der Waals surface area contributed by atoms with Crippen LogP contribution in [0.1, 0.15) is 23.2 Å². The van der Waals surface area contributed by atoms with Crippen molar-refractivity contribution < 1.29 is 9.18 Å². The van der Waals surface area contributed by atoms with E-state index in [0.717, 1.165) is 39.9 Å². The van der Waals surface area contributed by atoms with Crippen LogP contribution in [-0.2, 0) is 0 Å². The number of carbonyl (C=O) groups is 1. The topological polar surface area (TPSA) is 115 Å². The van der Waals surface area contributed by atoms with Gasteiger partial charge in [0.1, 0.15) is 17.2 Å². The Labute approximate surface area is 231 Å². The maximum absolute atomic E-state index is 15.7. The molecule has 1 N–H and O–H groups in total. The summed E-state index contributed by atoms with van der Waals surface area (Å²) in [6, 6.07) is 13.6. The zero-order valence-electron chi connectivity index (χ0n) is 21.1. The van der Waals surface area contributed by atoms with E-state index in [1.807, 2.05) is 18.2 Å². The molecule has 7 rings (SSSR count). The second kappa shape index (κ2) is 10.1. The minimum atomic E-state index is -0.656. The Morgan fingerprint density at radius 3 is 2.85 bits per heavy atom. The van der Waals surface area contributed by atoms with Crippen molar-refractivity contribution in [2.75, 3.05) is 18.0 Å². The van der Waals surface area contributed by atoms with E-state index in [1.54, 1.807) is 59.2 Å². The van der Waals surface area contributed by atoms with Crippen LogP contribution in [0.5, 0.6) is 0 Å². The SMILES string of the molecule is O=C(c1ccc(-n2nnc3cccnc32)cc1F)N(c1nccc2sc(-c3ccnnc3)cc12)[C@@H]1CCCNC1. The maximum atomic E-state index is 15.7. The normalized spacial score (nSPS) is 15.5. The molecule has 1 saturated heterocycles. The number of amides is 1. The largest absolute Gasteiger partial charge is 0.315 e. The van der Waals surface area contributed by atoms with Crippen LogP contribution >= 0.6 is 11.3 Å². The van der Waals surface area contributed by atoms with Crippen molar-refractivity contribution in [1.29, 1.82) is 0 Å². The van der Waals surface area contributed by atoms with E-state index >= 15 is 4.39 Å². The molecule has 1 fully saturated rings. The second-order valence-electron chi connectivity index (χ2n) is 9.48. The van der Waals surface area contributed by atoms with Gasteiger partial charge in [-0.05, 0) is 61.9 Å². The van der Waals surface area contributed by atoms with Crippen LogP contribution in [0.15, 0.2) is 73.3 Å². The molecule has 5 aromatic heterocycles. The lowest BCUT2D eigenvalue weighted by Gasteiger charge is -2.34. The van der Waals surface area contributed by atoms with E-state index in [-0.39, 0.29) is 11.6 Å². The Kier molecular flexibility index (Phi) is 6.17. The predicted octanol–water partition coefficient (Wildman–Crippen LogP) is 4.42. The summed E-state index contributed by atoms with van der Waals surface area (Å²) in [5.74, 6) is -0.592. The Hall–Kier alpha value is -4.68. The summed E-state index contributed by atoms with van der Waals surface area (Å²) in [6.45, 7) is 1.46. The molecule has 198 valence electrons. The van der Waals surface area contributed by atoms with E-state index in [1.165, 1.54) is 16.8 Å². The van der Waals surface area contributed by atoms with E-state index in [9.17, 15) is 4.79 Å². The van der Waals surface area contributed by atoms with Crippen molar-refractivity contribution in [2.24, 2.45) is 0 Å². The minimum Gasteiger partial charge on any atom is -0.315 e. The summed E-state index contributed by atoms with van der Waals surface area (Å²) >= 11 is 1.58. The highest BCUT2D eigenvalue weighted by Gasteiger charge is 2.32. The highest BCUT2D eigenvalue weighted by atomic mass is 32.1. The predicted molar refractivity (Wildman–Crippen MR) is 150 cm³/mol. The van der Waals surface area contributed by atoms with Crippen LogP contribution in [0.3, 0.4) is 0 Å². The average Bonchev–Trinajstić information content (AvgIpc) is 3.64. The minimum absolute atomic E-state index is 0.0423. The van der Waals surface area contributed by atoms with Crippen LogP contribution in [-0.4, -0.2) is 60.2 Å². The Balaban J connectivity index is 1.31. The number of aromatic nitrogens is 7. The summed E-state index contributed by atoms with van der Waals surface area (Å²) in [4.78, 5) is 25.8. The molecule has 1 atom stereocenters. The first-order valence-corrected chi connectivity index (χ1v) is 13.7. The Morgan fingerprint density at radius 2 is 2.02 bits per heavy atom. The standard InChI is InChI=1S/C28H22FN9OS/c29-22-13-18(38-27-23(35-36-38)4-2-10-31-27)5-6-20(22)28(39)37(19-3-1-9-30-16-19)26-21-14-25(17-7-12-33-34-15-17)40-24(21)8-11-32-26/h2,4-8,10-15,19,30H,1,3,9,16H2/t19-/m1/s1. The number of halogens is 1. The molecule has 1 aliphatic rings. The number of nitrogens with zero attached hydrogens (tertiary/aromatic N) is 8. The quantitative estimate of drug-likeness (QED) is 0.335. The number of rotatable bonds is 5. The third kappa shape index (κ3) is 4.27. The molecule has 6 heterocycles. The number of anilines is 1. The first kappa shape index (κ1) is 24.4. The summed E-state index contributed by atoms with van der Waals surface area (Å²) < 4.78 is 18.1. The van der Waals surface area contributed by atoms with Crippen molar-refractivity contribution in [1.82, 2.24) is 40.5 Å². The molecular weight excluding hydrogens is 529 g/mol. The molecule has 6 aromatic rings.